The van der Waals surface area contributed by atoms with E-state index in [9.17, 15) is 0 Å². The molecule has 0 aromatic heterocycles. The van der Waals surface area contributed by atoms with Crippen molar-refractivity contribution in [1.82, 2.24) is 0 Å². The Labute approximate surface area is 44.4 Å². The summed E-state index contributed by atoms with van der Waals surface area (Å²) in [5.41, 5.74) is 0. The molecule has 0 aliphatic heterocycles. The van der Waals surface area contributed by atoms with Gasteiger partial charge in [-0.25, -0.2) is 0 Å². The number of hydrogen-bond donors (Lipinski definition) is 0. The zero-order valence-electron chi connectivity index (χ0n) is 4.81. The van der Waals surface area contributed by atoms with Crippen LogP contribution in [-0.4, -0.2) is 20.0 Å². The molecular weight excluding hydrogens is 92.1 g/mol. The fourth-order valence-electron chi connectivity index (χ4n) is 0.184. The third kappa shape index (κ3) is 5.92. The summed E-state index contributed by atoms with van der Waals surface area (Å²) in [5, 5.41) is 0. The molecule has 0 heterocycles. The molecule has 0 aromatic carbocycles. The van der Waals surface area contributed by atoms with Gasteiger partial charge in [-0.1, -0.05) is 0 Å². The minimum Gasteiger partial charge on any atom is -0.359 e. The lowest BCUT2D eigenvalue weighted by atomic mass is 10.5. The summed E-state index contributed by atoms with van der Waals surface area (Å²) in [6.07, 6.45) is 0.0277. The fraction of sp³-hybridized carbons (Fsp3) is 0.800. The minimum absolute atomic E-state index is 0.0277. The van der Waals surface area contributed by atoms with Crippen LogP contribution in [0.2, 0.25) is 0 Å². The smallest absolute Gasteiger partial charge is 0.146 e. The second kappa shape index (κ2) is 4.09. The Bertz CT molecular complexity index is 35.1. The molecule has 0 amide bonds. The number of hydrogen-bond acceptors (Lipinski definition) is 2. The lowest BCUT2D eigenvalue weighted by Crippen LogP contribution is -2.04. The van der Waals surface area contributed by atoms with Crippen LogP contribution in [0.5, 0.6) is 0 Å². The SMILES string of the molecule is [CH2]C(C)OCOC. The highest BCUT2D eigenvalue weighted by molar-refractivity contribution is 4.45. The second-order valence-electron chi connectivity index (χ2n) is 1.38. The third-order valence-electron chi connectivity index (χ3n) is 0.470. The predicted molar refractivity (Wildman–Crippen MR) is 27.8 cm³/mol. The Morgan fingerprint density at radius 3 is 2.43 bits per heavy atom. The van der Waals surface area contributed by atoms with Crippen LogP contribution in [-0.2, 0) is 9.47 Å². The molecule has 7 heavy (non-hydrogen) atoms. The molecular formula is C5H11O2. The molecule has 1 atom stereocenters. The molecule has 0 aromatic rings. The van der Waals surface area contributed by atoms with Crippen molar-refractivity contribution in [2.45, 2.75) is 13.0 Å². The number of rotatable bonds is 3. The van der Waals surface area contributed by atoms with Gasteiger partial charge in [0.2, 0.25) is 0 Å². The molecule has 0 aliphatic carbocycles. The van der Waals surface area contributed by atoms with E-state index in [1.165, 1.54) is 0 Å². The van der Waals surface area contributed by atoms with Gasteiger partial charge in [0, 0.05) is 7.11 Å². The van der Waals surface area contributed by atoms with E-state index < -0.39 is 0 Å². The van der Waals surface area contributed by atoms with Gasteiger partial charge in [0.1, 0.15) is 6.79 Å². The van der Waals surface area contributed by atoms with Crippen molar-refractivity contribution < 1.29 is 9.47 Å². The first-order chi connectivity index (χ1) is 3.27. The van der Waals surface area contributed by atoms with Crippen molar-refractivity contribution in [2.24, 2.45) is 0 Å². The normalized spacial score (nSPS) is 10.3. The Balaban J connectivity index is 2.68. The first-order valence-electron chi connectivity index (χ1n) is 2.21. The number of methoxy groups -OCH3 is 1. The molecule has 0 bridgehead atoms. The Kier molecular flexibility index (Phi) is 4.04. The number of ether oxygens (including phenoxy) is 2. The van der Waals surface area contributed by atoms with E-state index in [0.717, 1.165) is 0 Å². The van der Waals surface area contributed by atoms with Crippen LogP contribution in [0.25, 0.3) is 0 Å². The van der Waals surface area contributed by atoms with Crippen molar-refractivity contribution in [3.05, 3.63) is 6.92 Å². The monoisotopic (exact) mass is 103 g/mol. The molecule has 0 aliphatic rings. The average molecular weight is 103 g/mol. The maximum Gasteiger partial charge on any atom is 0.146 e. The molecule has 0 fully saturated rings. The summed E-state index contributed by atoms with van der Waals surface area (Å²) in [7, 11) is 1.59. The van der Waals surface area contributed by atoms with Crippen LogP contribution in [0.4, 0.5) is 0 Å². The van der Waals surface area contributed by atoms with E-state index in [1.807, 2.05) is 6.92 Å². The lowest BCUT2D eigenvalue weighted by Gasteiger charge is -2.03. The molecule has 1 unspecified atom stereocenters. The molecule has 0 rings (SSSR count). The van der Waals surface area contributed by atoms with Gasteiger partial charge in [0.25, 0.3) is 0 Å². The summed E-state index contributed by atoms with van der Waals surface area (Å²) >= 11 is 0. The Morgan fingerprint density at radius 2 is 2.29 bits per heavy atom. The average Bonchev–Trinajstić information content (AvgIpc) is 1.61. The second-order valence-corrected chi connectivity index (χ2v) is 1.38. The highest BCUT2D eigenvalue weighted by Gasteiger charge is 1.87. The maximum absolute atomic E-state index is 4.86. The summed E-state index contributed by atoms with van der Waals surface area (Å²) in [6, 6.07) is 0. The fourth-order valence-corrected chi connectivity index (χ4v) is 0.184. The summed E-state index contributed by atoms with van der Waals surface area (Å²) in [6.45, 7) is 5.77. The molecule has 0 spiro atoms. The van der Waals surface area contributed by atoms with Crippen molar-refractivity contribution in [3.63, 3.8) is 0 Å². The van der Waals surface area contributed by atoms with Gasteiger partial charge in [0.05, 0.1) is 6.10 Å². The van der Waals surface area contributed by atoms with E-state index in [1.54, 1.807) is 7.11 Å². The molecule has 0 saturated heterocycles. The van der Waals surface area contributed by atoms with Crippen LogP contribution in [0.15, 0.2) is 0 Å². The first-order valence-corrected chi connectivity index (χ1v) is 2.21. The molecule has 0 saturated carbocycles. The van der Waals surface area contributed by atoms with Crippen molar-refractivity contribution in [3.8, 4) is 0 Å². The van der Waals surface area contributed by atoms with Gasteiger partial charge in [0.15, 0.2) is 0 Å². The van der Waals surface area contributed by atoms with E-state index in [4.69, 9.17) is 4.74 Å². The quantitative estimate of drug-likeness (QED) is 0.492. The topological polar surface area (TPSA) is 18.5 Å². The Hall–Kier alpha value is -0.0800. The van der Waals surface area contributed by atoms with Gasteiger partial charge in [-0.2, -0.15) is 0 Å². The standard InChI is InChI=1S/C5H11O2/c1-5(2)7-4-6-3/h5H,1,4H2,2-3H3. The van der Waals surface area contributed by atoms with Crippen molar-refractivity contribution >= 4 is 0 Å². The predicted octanol–water partition coefficient (Wildman–Crippen LogP) is 0.829. The van der Waals surface area contributed by atoms with E-state index in [2.05, 4.69) is 11.7 Å². The van der Waals surface area contributed by atoms with E-state index in [0.29, 0.717) is 6.79 Å². The third-order valence-corrected chi connectivity index (χ3v) is 0.470. The van der Waals surface area contributed by atoms with E-state index in [-0.39, 0.29) is 6.10 Å². The van der Waals surface area contributed by atoms with Gasteiger partial charge >= 0.3 is 0 Å². The van der Waals surface area contributed by atoms with E-state index >= 15 is 0 Å². The van der Waals surface area contributed by atoms with Crippen LogP contribution >= 0.6 is 0 Å². The Morgan fingerprint density at radius 1 is 1.71 bits per heavy atom. The van der Waals surface area contributed by atoms with Crippen LogP contribution in [0, 0.1) is 6.92 Å². The largest absolute Gasteiger partial charge is 0.359 e. The maximum atomic E-state index is 4.86. The summed E-state index contributed by atoms with van der Waals surface area (Å²) < 4.78 is 9.45. The van der Waals surface area contributed by atoms with Crippen molar-refractivity contribution in [1.29, 1.82) is 0 Å². The summed E-state index contributed by atoms with van der Waals surface area (Å²) in [5.74, 6) is 0. The zero-order chi connectivity index (χ0) is 5.70. The zero-order valence-corrected chi connectivity index (χ0v) is 4.81. The first kappa shape index (κ1) is 6.92. The van der Waals surface area contributed by atoms with Crippen LogP contribution in [0.1, 0.15) is 6.92 Å². The van der Waals surface area contributed by atoms with Gasteiger partial charge in [-0.15, -0.1) is 0 Å². The molecule has 43 valence electrons. The highest BCUT2D eigenvalue weighted by Crippen LogP contribution is 1.83. The lowest BCUT2D eigenvalue weighted by molar-refractivity contribution is -0.0504. The highest BCUT2D eigenvalue weighted by atomic mass is 16.7. The van der Waals surface area contributed by atoms with Crippen molar-refractivity contribution in [2.75, 3.05) is 13.9 Å². The molecule has 2 heteroatoms. The molecule has 2 nitrogen and oxygen atoms in total. The minimum atomic E-state index is 0.0277. The molecule has 1 radical (unpaired) electrons. The van der Waals surface area contributed by atoms with Gasteiger partial charge < -0.3 is 9.47 Å². The molecule has 0 N–H and O–H groups in total. The van der Waals surface area contributed by atoms with Crippen LogP contribution in [0.3, 0.4) is 0 Å². The van der Waals surface area contributed by atoms with Gasteiger partial charge in [-0.05, 0) is 13.8 Å². The van der Waals surface area contributed by atoms with Crippen LogP contribution < -0.4 is 0 Å². The summed E-state index contributed by atoms with van der Waals surface area (Å²) in [4.78, 5) is 0. The van der Waals surface area contributed by atoms with Gasteiger partial charge in [-0.3, -0.25) is 0 Å².